The summed E-state index contributed by atoms with van der Waals surface area (Å²) in [5.41, 5.74) is 0.839. The quantitative estimate of drug-likeness (QED) is 0.771. The molecular formula is C11H17NO4. The van der Waals surface area contributed by atoms with E-state index in [1.807, 2.05) is 6.92 Å². The van der Waals surface area contributed by atoms with Gasteiger partial charge in [-0.15, -0.1) is 0 Å². The van der Waals surface area contributed by atoms with Crippen LogP contribution in [0.3, 0.4) is 0 Å². The first kappa shape index (κ1) is 12.7. The van der Waals surface area contributed by atoms with E-state index in [2.05, 4.69) is 5.16 Å². The molecule has 16 heavy (non-hydrogen) atoms. The molecule has 5 heteroatoms. The van der Waals surface area contributed by atoms with E-state index in [9.17, 15) is 9.90 Å². The molecule has 0 aliphatic heterocycles. The third-order valence-electron chi connectivity index (χ3n) is 2.38. The average Bonchev–Trinajstić information content (AvgIpc) is 2.61. The highest BCUT2D eigenvalue weighted by Crippen LogP contribution is 2.16. The van der Waals surface area contributed by atoms with Crippen LogP contribution in [-0.4, -0.2) is 28.9 Å². The molecule has 1 N–H and O–H groups in total. The standard InChI is InChI=1S/C11H17NO4/c1-4-8(13)6-9-7(3)10(12-16-9)11(14)15-5-2/h8,13H,4-6H2,1-3H3/t8-/m1/s1. The van der Waals surface area contributed by atoms with E-state index in [4.69, 9.17) is 9.26 Å². The van der Waals surface area contributed by atoms with Crippen LogP contribution in [0.15, 0.2) is 4.52 Å². The number of ether oxygens (including phenoxy) is 1. The van der Waals surface area contributed by atoms with Crippen molar-refractivity contribution in [1.29, 1.82) is 0 Å². The number of carbonyl (C=O) groups is 1. The summed E-state index contributed by atoms with van der Waals surface area (Å²) in [5.74, 6) is 0.0541. The lowest BCUT2D eigenvalue weighted by molar-refractivity contribution is 0.0514. The van der Waals surface area contributed by atoms with E-state index in [0.29, 0.717) is 30.8 Å². The van der Waals surface area contributed by atoms with E-state index < -0.39 is 12.1 Å². The van der Waals surface area contributed by atoms with E-state index >= 15 is 0 Å². The number of hydrogen-bond donors (Lipinski definition) is 1. The number of esters is 1. The molecule has 1 aromatic rings. The molecule has 0 radical (unpaired) electrons. The van der Waals surface area contributed by atoms with Crippen molar-refractivity contribution < 1.29 is 19.2 Å². The Bertz CT molecular complexity index is 359. The van der Waals surface area contributed by atoms with Gasteiger partial charge in [0.1, 0.15) is 5.76 Å². The van der Waals surface area contributed by atoms with Gasteiger partial charge < -0.3 is 14.4 Å². The van der Waals surface area contributed by atoms with Gasteiger partial charge in [-0.1, -0.05) is 12.1 Å². The molecule has 1 rings (SSSR count). The van der Waals surface area contributed by atoms with Crippen molar-refractivity contribution in [3.63, 3.8) is 0 Å². The second-order valence-electron chi connectivity index (χ2n) is 3.57. The smallest absolute Gasteiger partial charge is 0.360 e. The van der Waals surface area contributed by atoms with Gasteiger partial charge in [-0.3, -0.25) is 0 Å². The van der Waals surface area contributed by atoms with Crippen molar-refractivity contribution in [2.24, 2.45) is 0 Å². The largest absolute Gasteiger partial charge is 0.461 e. The fourth-order valence-corrected chi connectivity index (χ4v) is 1.31. The number of aliphatic hydroxyl groups excluding tert-OH is 1. The van der Waals surface area contributed by atoms with E-state index in [0.717, 1.165) is 0 Å². The summed E-state index contributed by atoms with van der Waals surface area (Å²) in [5, 5.41) is 13.1. The van der Waals surface area contributed by atoms with Gasteiger partial charge in [0.25, 0.3) is 0 Å². The molecule has 0 amide bonds. The van der Waals surface area contributed by atoms with Crippen molar-refractivity contribution in [2.45, 2.75) is 39.7 Å². The average molecular weight is 227 g/mol. The second-order valence-corrected chi connectivity index (χ2v) is 3.57. The van der Waals surface area contributed by atoms with Gasteiger partial charge in [-0.2, -0.15) is 0 Å². The number of hydrogen-bond acceptors (Lipinski definition) is 5. The zero-order valence-corrected chi connectivity index (χ0v) is 9.82. The van der Waals surface area contributed by atoms with Crippen LogP contribution in [0.1, 0.15) is 42.1 Å². The first-order valence-corrected chi connectivity index (χ1v) is 5.40. The molecule has 1 heterocycles. The third-order valence-corrected chi connectivity index (χ3v) is 2.38. The first-order chi connectivity index (χ1) is 7.60. The van der Waals surface area contributed by atoms with Crippen molar-refractivity contribution in [1.82, 2.24) is 5.16 Å². The third kappa shape index (κ3) is 2.82. The normalized spacial score (nSPS) is 12.5. The lowest BCUT2D eigenvalue weighted by atomic mass is 10.1. The second kappa shape index (κ2) is 5.65. The predicted octanol–water partition coefficient (Wildman–Crippen LogP) is 1.47. The van der Waals surface area contributed by atoms with Crippen LogP contribution >= 0.6 is 0 Å². The summed E-state index contributed by atoms with van der Waals surface area (Å²) in [6.45, 7) is 5.65. The summed E-state index contributed by atoms with van der Waals surface area (Å²) >= 11 is 0. The molecular weight excluding hydrogens is 210 g/mol. The van der Waals surface area contributed by atoms with Crippen molar-refractivity contribution in [2.75, 3.05) is 6.61 Å². The summed E-state index contributed by atoms with van der Waals surface area (Å²) in [7, 11) is 0. The van der Waals surface area contributed by atoms with Gasteiger partial charge in [0.2, 0.25) is 0 Å². The highest BCUT2D eigenvalue weighted by molar-refractivity contribution is 5.88. The monoisotopic (exact) mass is 227 g/mol. The van der Waals surface area contributed by atoms with Crippen LogP contribution in [0.25, 0.3) is 0 Å². The lowest BCUT2D eigenvalue weighted by Crippen LogP contribution is -2.10. The van der Waals surface area contributed by atoms with E-state index in [1.54, 1.807) is 13.8 Å². The summed E-state index contributed by atoms with van der Waals surface area (Å²) in [6, 6.07) is 0. The van der Waals surface area contributed by atoms with Crippen LogP contribution in [-0.2, 0) is 11.2 Å². The number of carbonyl (C=O) groups excluding carboxylic acids is 1. The fourth-order valence-electron chi connectivity index (χ4n) is 1.31. The molecule has 0 aromatic carbocycles. The summed E-state index contributed by atoms with van der Waals surface area (Å²) < 4.78 is 9.85. The Hall–Kier alpha value is -1.36. The molecule has 0 aliphatic rings. The van der Waals surface area contributed by atoms with Crippen molar-refractivity contribution >= 4 is 5.97 Å². The molecule has 0 aliphatic carbocycles. The van der Waals surface area contributed by atoms with E-state index in [1.165, 1.54) is 0 Å². The highest BCUT2D eigenvalue weighted by Gasteiger charge is 2.20. The molecule has 0 bridgehead atoms. The maximum Gasteiger partial charge on any atom is 0.360 e. The van der Waals surface area contributed by atoms with Crippen molar-refractivity contribution in [3.05, 3.63) is 17.0 Å². The Morgan fingerprint density at radius 2 is 2.25 bits per heavy atom. The maximum atomic E-state index is 11.4. The molecule has 0 fully saturated rings. The molecule has 1 atom stereocenters. The molecule has 90 valence electrons. The fraction of sp³-hybridized carbons (Fsp3) is 0.636. The van der Waals surface area contributed by atoms with Crippen LogP contribution in [0.2, 0.25) is 0 Å². The Kier molecular flexibility index (Phi) is 4.49. The molecule has 0 saturated heterocycles. The number of aliphatic hydroxyl groups is 1. The first-order valence-electron chi connectivity index (χ1n) is 5.40. The Balaban J connectivity index is 2.79. The minimum absolute atomic E-state index is 0.195. The van der Waals surface area contributed by atoms with Gasteiger partial charge >= 0.3 is 5.97 Å². The Morgan fingerprint density at radius 1 is 1.56 bits per heavy atom. The van der Waals surface area contributed by atoms with Gasteiger partial charge in [-0.25, -0.2) is 4.79 Å². The summed E-state index contributed by atoms with van der Waals surface area (Å²) in [4.78, 5) is 11.4. The minimum atomic E-state index is -0.485. The number of aromatic nitrogens is 1. The molecule has 1 aromatic heterocycles. The van der Waals surface area contributed by atoms with Crippen LogP contribution in [0.4, 0.5) is 0 Å². The van der Waals surface area contributed by atoms with Crippen LogP contribution in [0.5, 0.6) is 0 Å². The molecule has 0 spiro atoms. The highest BCUT2D eigenvalue weighted by atomic mass is 16.5. The lowest BCUT2D eigenvalue weighted by Gasteiger charge is -2.04. The van der Waals surface area contributed by atoms with Crippen LogP contribution in [0, 0.1) is 6.92 Å². The van der Waals surface area contributed by atoms with Gasteiger partial charge in [0.15, 0.2) is 5.69 Å². The number of rotatable bonds is 5. The maximum absolute atomic E-state index is 11.4. The van der Waals surface area contributed by atoms with Crippen molar-refractivity contribution in [3.8, 4) is 0 Å². The number of nitrogens with zero attached hydrogens (tertiary/aromatic N) is 1. The Labute approximate surface area is 94.4 Å². The van der Waals surface area contributed by atoms with Gasteiger partial charge in [0, 0.05) is 12.0 Å². The van der Waals surface area contributed by atoms with Crippen LogP contribution < -0.4 is 0 Å². The predicted molar refractivity (Wildman–Crippen MR) is 57.2 cm³/mol. The molecule has 0 unspecified atom stereocenters. The SMILES string of the molecule is CCOC(=O)c1noc(C[C@H](O)CC)c1C. The molecule has 0 saturated carbocycles. The topological polar surface area (TPSA) is 72.6 Å². The Morgan fingerprint density at radius 3 is 2.81 bits per heavy atom. The molecule has 5 nitrogen and oxygen atoms in total. The minimum Gasteiger partial charge on any atom is -0.461 e. The van der Waals surface area contributed by atoms with Gasteiger partial charge in [-0.05, 0) is 20.3 Å². The van der Waals surface area contributed by atoms with E-state index in [-0.39, 0.29) is 5.69 Å². The zero-order chi connectivity index (χ0) is 12.1. The zero-order valence-electron chi connectivity index (χ0n) is 9.82. The van der Waals surface area contributed by atoms with Gasteiger partial charge in [0.05, 0.1) is 12.7 Å². The summed E-state index contributed by atoms with van der Waals surface area (Å²) in [6.07, 6.45) is 0.533.